The van der Waals surface area contributed by atoms with Crippen LogP contribution in [0.15, 0.2) is 0 Å². The highest BCUT2D eigenvalue weighted by atomic mass is 32.3. The van der Waals surface area contributed by atoms with Gasteiger partial charge in [-0.1, -0.05) is 7.77 Å². The third kappa shape index (κ3) is 5.56. The van der Waals surface area contributed by atoms with Crippen LogP contribution in [-0.2, 0) is 34.7 Å². The van der Waals surface area contributed by atoms with Gasteiger partial charge in [0, 0.05) is 0 Å². The van der Waals surface area contributed by atoms with Crippen LogP contribution in [-0.4, -0.2) is 64.0 Å². The molecule has 0 saturated heterocycles. The molecule has 0 heterocycles. The first-order valence-electron chi connectivity index (χ1n) is 6.89. The van der Waals surface area contributed by atoms with Gasteiger partial charge in [0.05, 0.1) is 0 Å². The third-order valence-corrected chi connectivity index (χ3v) is 4.57. The molecule has 34 heavy (non-hydrogen) atoms. The number of alkyl halides is 14. The Labute approximate surface area is 175 Å². The lowest BCUT2D eigenvalue weighted by Crippen LogP contribution is -2.68. The van der Waals surface area contributed by atoms with E-state index in [9.17, 15) is 86.1 Å². The molecule has 0 aliphatic carbocycles. The molecular formula is C9H4F16O7S2. The third-order valence-electron chi connectivity index (χ3n) is 2.87. The molecule has 206 valence electrons. The summed E-state index contributed by atoms with van der Waals surface area (Å²) in [5.41, 5.74) is 0. The lowest BCUT2D eigenvalue weighted by Gasteiger charge is -2.40. The van der Waals surface area contributed by atoms with Gasteiger partial charge in [-0.15, -0.1) is 0 Å². The average molecular weight is 592 g/mol. The molecule has 2 unspecified atom stereocenters. The van der Waals surface area contributed by atoms with Gasteiger partial charge in [0.2, 0.25) is 6.36 Å². The Morgan fingerprint density at radius 2 is 0.853 bits per heavy atom. The highest BCUT2D eigenvalue weighted by Gasteiger charge is 2.85. The summed E-state index contributed by atoms with van der Waals surface area (Å²) in [4.78, 5) is 0. The van der Waals surface area contributed by atoms with Gasteiger partial charge in [-0.25, -0.2) is 9.13 Å². The van der Waals surface area contributed by atoms with Crippen molar-refractivity contribution in [1.29, 1.82) is 0 Å². The first-order chi connectivity index (χ1) is 14.3. The summed E-state index contributed by atoms with van der Waals surface area (Å²) in [5, 5.41) is -15.2. The Balaban J connectivity index is 7.02. The number of ether oxygens (including phenoxy) is 3. The van der Waals surface area contributed by atoms with Crippen molar-refractivity contribution < 1.29 is 100 Å². The molecule has 0 radical (unpaired) electrons. The first-order valence-corrected chi connectivity index (χ1v) is 9.66. The summed E-state index contributed by atoms with van der Waals surface area (Å²) >= 11 is 0. The number of halogens is 16. The predicted molar refractivity (Wildman–Crippen MR) is 67.4 cm³/mol. The molecule has 0 bridgehead atoms. The molecule has 0 saturated carbocycles. The van der Waals surface area contributed by atoms with E-state index in [2.05, 4.69) is 4.74 Å². The first kappa shape index (κ1) is 32.7. The van der Waals surface area contributed by atoms with Crippen LogP contribution >= 0.6 is 0 Å². The summed E-state index contributed by atoms with van der Waals surface area (Å²) in [7, 11) is -16.2. The van der Waals surface area contributed by atoms with Crippen LogP contribution in [0.2, 0.25) is 0 Å². The second-order valence-electron chi connectivity index (χ2n) is 5.44. The Bertz CT molecular complexity index is 961. The fraction of sp³-hybridized carbons (Fsp3) is 1.00. The number of hydrogen-bond donors (Lipinski definition) is 0. The van der Waals surface area contributed by atoms with Gasteiger partial charge in [-0.3, -0.25) is 9.47 Å². The zero-order valence-corrected chi connectivity index (χ0v) is 16.4. The van der Waals surface area contributed by atoms with Crippen molar-refractivity contribution in [3.63, 3.8) is 0 Å². The van der Waals surface area contributed by atoms with E-state index in [1.807, 2.05) is 0 Å². The summed E-state index contributed by atoms with van der Waals surface area (Å²) in [5.74, 6) is -7.96. The zero-order chi connectivity index (χ0) is 28.2. The Morgan fingerprint density at radius 3 is 1.12 bits per heavy atom. The van der Waals surface area contributed by atoms with Crippen molar-refractivity contribution in [3.05, 3.63) is 0 Å². The normalized spacial score (nSPS) is 18.5. The molecule has 0 amide bonds. The summed E-state index contributed by atoms with van der Waals surface area (Å²) in [6.45, 7) is -0.357. The van der Waals surface area contributed by atoms with Gasteiger partial charge in [-0.2, -0.15) is 73.9 Å². The van der Waals surface area contributed by atoms with Gasteiger partial charge in [0.15, 0.2) is 0 Å². The van der Waals surface area contributed by atoms with E-state index >= 15 is 0 Å². The molecule has 0 rings (SSSR count). The molecule has 0 fully saturated rings. The van der Waals surface area contributed by atoms with E-state index in [-0.39, 0.29) is 6.92 Å². The molecule has 7 nitrogen and oxygen atoms in total. The van der Waals surface area contributed by atoms with Gasteiger partial charge in [0.1, 0.15) is 0 Å². The Hall–Kier alpha value is -1.34. The van der Waals surface area contributed by atoms with Crippen molar-refractivity contribution in [2.75, 3.05) is 0 Å². The minimum atomic E-state index is -8.14. The molecule has 0 N–H and O–H groups in total. The van der Waals surface area contributed by atoms with Crippen molar-refractivity contribution in [3.8, 4) is 0 Å². The minimum absolute atomic E-state index is 0.357. The van der Waals surface area contributed by atoms with Crippen LogP contribution < -0.4 is 0 Å². The molecule has 0 aromatic heterocycles. The SMILES string of the molecule is CC(F)OC(F)(F)C(F)(OC(F)(F)C(F)(F)S(=O)(=O)F)C(F)(F)OC(F)(F)C(F)(F)S(=O)(=O)F. The molecule has 2 atom stereocenters. The maximum Gasteiger partial charge on any atom is 0.464 e. The number of rotatable bonds is 12. The largest absolute Gasteiger partial charge is 0.464 e. The van der Waals surface area contributed by atoms with E-state index in [0.717, 1.165) is 0 Å². The highest BCUT2D eigenvalue weighted by Crippen LogP contribution is 2.56. The van der Waals surface area contributed by atoms with Crippen LogP contribution in [0.25, 0.3) is 0 Å². The standard InChI is InChI=1S/C9H4F16O7S2/c1-2(10)30-4(12,13)3(11,31-6(16,17)8(20,21)33(24,26)27)5(14,15)32-7(18,19)9(22,23)34(25,28)29/h2H,1H3. The highest BCUT2D eigenvalue weighted by molar-refractivity contribution is 7.87. The Morgan fingerprint density at radius 1 is 0.559 bits per heavy atom. The second kappa shape index (κ2) is 8.65. The fourth-order valence-corrected chi connectivity index (χ4v) is 2.02. The molecule has 0 aromatic rings. The second-order valence-corrected chi connectivity index (χ2v) is 8.21. The van der Waals surface area contributed by atoms with Crippen LogP contribution in [0.3, 0.4) is 0 Å². The maximum atomic E-state index is 14.2. The van der Waals surface area contributed by atoms with Crippen molar-refractivity contribution in [2.45, 2.75) is 54.1 Å². The fourth-order valence-electron chi connectivity index (χ4n) is 1.37. The topological polar surface area (TPSA) is 96.0 Å². The van der Waals surface area contributed by atoms with Gasteiger partial charge in [-0.05, 0) is 6.92 Å². The summed E-state index contributed by atoms with van der Waals surface area (Å²) in [6.07, 6.45) is -34.9. The van der Waals surface area contributed by atoms with Crippen LogP contribution in [0.5, 0.6) is 0 Å². The van der Waals surface area contributed by atoms with Gasteiger partial charge < -0.3 is 0 Å². The van der Waals surface area contributed by atoms with Crippen molar-refractivity contribution >= 4 is 20.4 Å². The zero-order valence-electron chi connectivity index (χ0n) is 14.8. The summed E-state index contributed by atoms with van der Waals surface area (Å²) < 4.78 is 255. The Kier molecular flexibility index (Phi) is 8.31. The van der Waals surface area contributed by atoms with E-state index in [1.54, 1.807) is 0 Å². The molecular weight excluding hydrogens is 588 g/mol. The molecule has 0 spiro atoms. The quantitative estimate of drug-likeness (QED) is 0.248. The van der Waals surface area contributed by atoms with Crippen molar-refractivity contribution in [1.82, 2.24) is 0 Å². The molecule has 0 aromatic carbocycles. The van der Waals surface area contributed by atoms with Crippen LogP contribution in [0.4, 0.5) is 69.2 Å². The van der Waals surface area contributed by atoms with E-state index in [4.69, 9.17) is 0 Å². The smallest absolute Gasteiger partial charge is 0.281 e. The van der Waals surface area contributed by atoms with Crippen LogP contribution in [0, 0.1) is 0 Å². The predicted octanol–water partition coefficient (Wildman–Crippen LogP) is 4.17. The van der Waals surface area contributed by atoms with Crippen LogP contribution in [0.1, 0.15) is 6.92 Å². The molecule has 0 aliphatic rings. The lowest BCUT2D eigenvalue weighted by atomic mass is 10.2. The molecule has 25 heteroatoms. The van der Waals surface area contributed by atoms with E-state index in [0.29, 0.717) is 0 Å². The number of hydrogen-bond acceptors (Lipinski definition) is 7. The van der Waals surface area contributed by atoms with E-state index in [1.165, 1.54) is 9.47 Å². The average Bonchev–Trinajstić information content (AvgIpc) is 2.49. The monoisotopic (exact) mass is 592 g/mol. The van der Waals surface area contributed by atoms with Gasteiger partial charge >= 0.3 is 61.2 Å². The van der Waals surface area contributed by atoms with Gasteiger partial charge in [0.25, 0.3) is 0 Å². The van der Waals surface area contributed by atoms with E-state index < -0.39 is 67.6 Å². The lowest BCUT2D eigenvalue weighted by molar-refractivity contribution is -0.557. The maximum absolute atomic E-state index is 14.2. The minimum Gasteiger partial charge on any atom is -0.281 e. The van der Waals surface area contributed by atoms with Crippen molar-refractivity contribution in [2.24, 2.45) is 0 Å². The molecule has 0 aliphatic heterocycles. The summed E-state index contributed by atoms with van der Waals surface area (Å²) in [6, 6.07) is 0.